The molecule has 4 N–H and O–H groups in total. The lowest BCUT2D eigenvalue weighted by molar-refractivity contribution is 0.477. The first-order valence-corrected chi connectivity index (χ1v) is 4.25. The minimum Gasteiger partial charge on any atom is -0.506 e. The van der Waals surface area contributed by atoms with Crippen LogP contribution in [0.25, 0.3) is 0 Å². The Morgan fingerprint density at radius 3 is 2.73 bits per heavy atom. The van der Waals surface area contributed by atoms with Crippen LogP contribution in [-0.2, 0) is 5.33 Å². The Morgan fingerprint density at radius 2 is 2.27 bits per heavy atom. The van der Waals surface area contributed by atoms with E-state index in [1.165, 1.54) is 0 Å². The van der Waals surface area contributed by atoms with Crippen LogP contribution in [0.2, 0.25) is 0 Å². The van der Waals surface area contributed by atoms with E-state index in [1.807, 2.05) is 6.07 Å². The van der Waals surface area contributed by atoms with Gasteiger partial charge in [0.15, 0.2) is 0 Å². The standard InChI is InChI=1S/C7H9BrN2O/c8-4-5-2-1-3-6(11)7(5)10-9/h1-3,10-11H,4,9H2. The zero-order chi connectivity index (χ0) is 8.27. The molecule has 0 heterocycles. The molecular weight excluding hydrogens is 208 g/mol. The predicted molar refractivity (Wildman–Crippen MR) is 48.5 cm³/mol. The third kappa shape index (κ3) is 1.64. The van der Waals surface area contributed by atoms with Crippen LogP contribution in [0.4, 0.5) is 5.69 Å². The van der Waals surface area contributed by atoms with E-state index in [1.54, 1.807) is 12.1 Å². The third-order valence-corrected chi connectivity index (χ3v) is 2.02. The average molecular weight is 217 g/mol. The van der Waals surface area contributed by atoms with Crippen LogP contribution in [-0.4, -0.2) is 5.11 Å². The first-order chi connectivity index (χ1) is 5.29. The fraction of sp³-hybridized carbons (Fsp3) is 0.143. The van der Waals surface area contributed by atoms with Crippen molar-refractivity contribution in [2.75, 3.05) is 5.43 Å². The quantitative estimate of drug-likeness (QED) is 0.305. The number of nitrogens with one attached hydrogen (secondary N) is 1. The fourth-order valence-electron chi connectivity index (χ4n) is 0.865. The van der Waals surface area contributed by atoms with Crippen LogP contribution in [0.15, 0.2) is 18.2 Å². The number of anilines is 1. The Hall–Kier alpha value is -0.740. The number of aromatic hydroxyl groups is 1. The predicted octanol–water partition coefficient (Wildman–Crippen LogP) is 1.57. The monoisotopic (exact) mass is 216 g/mol. The van der Waals surface area contributed by atoms with Crippen molar-refractivity contribution in [3.05, 3.63) is 23.8 Å². The van der Waals surface area contributed by atoms with Crippen molar-refractivity contribution >= 4 is 21.6 Å². The van der Waals surface area contributed by atoms with Gasteiger partial charge >= 0.3 is 0 Å². The summed E-state index contributed by atoms with van der Waals surface area (Å²) in [7, 11) is 0. The van der Waals surface area contributed by atoms with Crippen LogP contribution in [0.5, 0.6) is 5.75 Å². The van der Waals surface area contributed by atoms with Crippen LogP contribution >= 0.6 is 15.9 Å². The molecule has 0 bridgehead atoms. The van der Waals surface area contributed by atoms with Gasteiger partial charge in [0.05, 0.1) is 5.69 Å². The van der Waals surface area contributed by atoms with Gasteiger partial charge in [-0.1, -0.05) is 28.1 Å². The summed E-state index contributed by atoms with van der Waals surface area (Å²) in [5, 5.41) is 9.93. The summed E-state index contributed by atoms with van der Waals surface area (Å²) in [6.07, 6.45) is 0. The molecule has 3 nitrogen and oxygen atoms in total. The maximum Gasteiger partial charge on any atom is 0.140 e. The number of nitrogens with two attached hydrogens (primary N) is 1. The zero-order valence-electron chi connectivity index (χ0n) is 5.84. The second kappa shape index (κ2) is 3.59. The van der Waals surface area contributed by atoms with E-state index in [2.05, 4.69) is 21.4 Å². The summed E-state index contributed by atoms with van der Waals surface area (Å²) in [5.74, 6) is 5.37. The van der Waals surface area contributed by atoms with Crippen LogP contribution in [0.3, 0.4) is 0 Å². The van der Waals surface area contributed by atoms with Gasteiger partial charge in [-0.05, 0) is 11.6 Å². The van der Waals surface area contributed by atoms with Gasteiger partial charge in [0.2, 0.25) is 0 Å². The summed E-state index contributed by atoms with van der Waals surface area (Å²) >= 11 is 3.28. The molecule has 0 aliphatic heterocycles. The summed E-state index contributed by atoms with van der Waals surface area (Å²) < 4.78 is 0. The summed E-state index contributed by atoms with van der Waals surface area (Å²) in [5.41, 5.74) is 3.95. The third-order valence-electron chi connectivity index (χ3n) is 1.42. The van der Waals surface area contributed by atoms with E-state index in [-0.39, 0.29) is 5.75 Å². The molecule has 0 aromatic heterocycles. The molecule has 0 saturated heterocycles. The van der Waals surface area contributed by atoms with Gasteiger partial charge in [-0.15, -0.1) is 0 Å². The first kappa shape index (κ1) is 8.36. The van der Waals surface area contributed by atoms with Gasteiger partial charge in [-0.2, -0.15) is 0 Å². The molecule has 11 heavy (non-hydrogen) atoms. The van der Waals surface area contributed by atoms with Gasteiger partial charge in [0.1, 0.15) is 5.75 Å². The van der Waals surface area contributed by atoms with Gasteiger partial charge in [0.25, 0.3) is 0 Å². The Morgan fingerprint density at radius 1 is 1.55 bits per heavy atom. The molecule has 0 radical (unpaired) electrons. The molecule has 1 aromatic carbocycles. The zero-order valence-corrected chi connectivity index (χ0v) is 7.43. The highest BCUT2D eigenvalue weighted by Gasteiger charge is 2.03. The van der Waals surface area contributed by atoms with Crippen LogP contribution < -0.4 is 11.3 Å². The smallest absolute Gasteiger partial charge is 0.140 e. The van der Waals surface area contributed by atoms with Crippen molar-refractivity contribution in [2.24, 2.45) is 5.84 Å². The molecular formula is C7H9BrN2O. The largest absolute Gasteiger partial charge is 0.506 e. The molecule has 0 spiro atoms. The number of benzene rings is 1. The van der Waals surface area contributed by atoms with E-state index in [9.17, 15) is 5.11 Å². The minimum absolute atomic E-state index is 0.171. The number of rotatable bonds is 2. The summed E-state index contributed by atoms with van der Waals surface area (Å²) in [6, 6.07) is 5.23. The van der Waals surface area contributed by atoms with Crippen molar-refractivity contribution in [3.8, 4) is 5.75 Å². The van der Waals surface area contributed by atoms with E-state index in [0.29, 0.717) is 11.0 Å². The number of para-hydroxylation sites is 1. The maximum atomic E-state index is 9.26. The Balaban J connectivity index is 3.13. The number of nitrogen functional groups attached to an aromatic ring is 1. The second-order valence-electron chi connectivity index (χ2n) is 2.09. The molecule has 0 aliphatic rings. The lowest BCUT2D eigenvalue weighted by Crippen LogP contribution is -2.08. The molecule has 0 atom stereocenters. The van der Waals surface area contributed by atoms with Gasteiger partial charge < -0.3 is 10.5 Å². The Bertz CT molecular complexity index is 252. The molecule has 60 valence electrons. The van der Waals surface area contributed by atoms with Gasteiger partial charge in [-0.3, -0.25) is 5.84 Å². The van der Waals surface area contributed by atoms with Gasteiger partial charge in [0, 0.05) is 5.33 Å². The number of halogens is 1. The Kier molecular flexibility index (Phi) is 2.73. The van der Waals surface area contributed by atoms with Crippen molar-refractivity contribution in [2.45, 2.75) is 5.33 Å². The highest BCUT2D eigenvalue weighted by molar-refractivity contribution is 9.08. The number of phenols is 1. The van der Waals surface area contributed by atoms with Gasteiger partial charge in [-0.25, -0.2) is 0 Å². The molecule has 1 rings (SSSR count). The van der Waals surface area contributed by atoms with Crippen molar-refractivity contribution in [1.29, 1.82) is 0 Å². The summed E-state index contributed by atoms with van der Waals surface area (Å²) in [6.45, 7) is 0. The first-order valence-electron chi connectivity index (χ1n) is 3.13. The molecule has 4 heteroatoms. The van der Waals surface area contributed by atoms with Crippen LogP contribution in [0.1, 0.15) is 5.56 Å². The SMILES string of the molecule is NNc1c(O)cccc1CBr. The second-order valence-corrected chi connectivity index (χ2v) is 2.65. The molecule has 0 fully saturated rings. The van der Waals surface area contributed by atoms with Crippen molar-refractivity contribution < 1.29 is 5.11 Å². The van der Waals surface area contributed by atoms with E-state index in [0.717, 1.165) is 5.56 Å². The van der Waals surface area contributed by atoms with Crippen molar-refractivity contribution in [1.82, 2.24) is 0 Å². The van der Waals surface area contributed by atoms with E-state index < -0.39 is 0 Å². The molecule has 0 aliphatic carbocycles. The number of hydrogen-bond acceptors (Lipinski definition) is 3. The summed E-state index contributed by atoms with van der Waals surface area (Å²) in [4.78, 5) is 0. The fourth-order valence-corrected chi connectivity index (χ4v) is 1.33. The van der Waals surface area contributed by atoms with Crippen LogP contribution in [0, 0.1) is 0 Å². The van der Waals surface area contributed by atoms with E-state index in [4.69, 9.17) is 5.84 Å². The van der Waals surface area contributed by atoms with E-state index >= 15 is 0 Å². The number of hydrogen-bond donors (Lipinski definition) is 3. The molecule has 1 aromatic rings. The molecule has 0 amide bonds. The maximum absolute atomic E-state index is 9.26. The number of alkyl halides is 1. The molecule has 0 unspecified atom stereocenters. The van der Waals surface area contributed by atoms with Crippen molar-refractivity contribution in [3.63, 3.8) is 0 Å². The Labute approximate surface area is 73.3 Å². The lowest BCUT2D eigenvalue weighted by atomic mass is 10.2. The average Bonchev–Trinajstić information content (AvgIpc) is 2.04. The highest BCUT2D eigenvalue weighted by atomic mass is 79.9. The number of hydrazine groups is 1. The normalized spacial score (nSPS) is 9.64. The lowest BCUT2D eigenvalue weighted by Gasteiger charge is -2.07. The minimum atomic E-state index is 0.171. The topological polar surface area (TPSA) is 58.3 Å². The number of phenolic OH excluding ortho intramolecular Hbond substituents is 1. The molecule has 0 saturated carbocycles. The highest BCUT2D eigenvalue weighted by Crippen LogP contribution is 2.27.